The van der Waals surface area contributed by atoms with Crippen molar-refractivity contribution in [3.63, 3.8) is 0 Å². The van der Waals surface area contributed by atoms with Gasteiger partial charge in [0.15, 0.2) is 11.4 Å². The van der Waals surface area contributed by atoms with Crippen LogP contribution in [0.25, 0.3) is 0 Å². The van der Waals surface area contributed by atoms with Crippen molar-refractivity contribution >= 4 is 35.9 Å². The van der Waals surface area contributed by atoms with E-state index in [0.29, 0.717) is 12.0 Å². The number of carbonyl (C=O) groups is 6. The van der Waals surface area contributed by atoms with E-state index in [2.05, 4.69) is 5.32 Å². The third-order valence-electron chi connectivity index (χ3n) is 13.6. The molecule has 0 spiro atoms. The number of esters is 3. The maximum Gasteiger partial charge on any atom is 0.410 e. The summed E-state index contributed by atoms with van der Waals surface area (Å²) >= 11 is 0. The predicted octanol–water partition coefficient (Wildman–Crippen LogP) is 4.75. The van der Waals surface area contributed by atoms with Gasteiger partial charge in [0.25, 0.3) is 0 Å². The van der Waals surface area contributed by atoms with E-state index in [1.54, 1.807) is 83.1 Å². The van der Waals surface area contributed by atoms with Crippen molar-refractivity contribution < 1.29 is 72.5 Å². The highest BCUT2D eigenvalue weighted by atomic mass is 16.6. The highest BCUT2D eigenvalue weighted by Gasteiger charge is 2.78. The number of rotatable bonds is 11. The van der Waals surface area contributed by atoms with Gasteiger partial charge in [0.05, 0.1) is 29.6 Å². The lowest BCUT2D eigenvalue weighted by Gasteiger charge is -2.67. The number of carbonyl (C=O) groups excluding carboxylic acids is 6. The van der Waals surface area contributed by atoms with Crippen molar-refractivity contribution in [2.24, 2.45) is 16.7 Å². The Hall–Kier alpha value is -5.36. The first-order valence-corrected chi connectivity index (χ1v) is 21.9. The molecule has 6 rings (SSSR count). The number of nitrogens with zero attached hydrogens (tertiary/aromatic N) is 1. The van der Waals surface area contributed by atoms with E-state index in [4.69, 9.17) is 28.4 Å². The van der Waals surface area contributed by atoms with Crippen molar-refractivity contribution in [3.05, 3.63) is 82.9 Å². The van der Waals surface area contributed by atoms with Crippen LogP contribution in [0.5, 0.6) is 0 Å². The smallest absolute Gasteiger partial charge is 0.410 e. The third kappa shape index (κ3) is 8.87. The van der Waals surface area contributed by atoms with Crippen LogP contribution in [0.1, 0.15) is 104 Å². The van der Waals surface area contributed by atoms with Crippen LogP contribution in [0.4, 0.5) is 9.59 Å². The van der Waals surface area contributed by atoms with Gasteiger partial charge in [0.2, 0.25) is 6.10 Å². The van der Waals surface area contributed by atoms with Crippen LogP contribution < -0.4 is 5.32 Å². The van der Waals surface area contributed by atoms with Gasteiger partial charge in [0.1, 0.15) is 41.7 Å². The van der Waals surface area contributed by atoms with E-state index in [1.807, 2.05) is 6.92 Å². The Morgan fingerprint density at radius 2 is 1.58 bits per heavy atom. The van der Waals surface area contributed by atoms with E-state index in [0.717, 1.165) is 6.92 Å². The fourth-order valence-electron chi connectivity index (χ4n) is 10.3. The zero-order valence-corrected chi connectivity index (χ0v) is 38.6. The molecule has 0 aromatic heterocycles. The summed E-state index contributed by atoms with van der Waals surface area (Å²) < 4.78 is 36.0. The molecule has 17 nitrogen and oxygen atoms in total. The molecule has 2 aromatic carbocycles. The molecule has 2 amide bonds. The van der Waals surface area contributed by atoms with Crippen LogP contribution >= 0.6 is 0 Å². The SMILES string of the molecule is CCCN(C)C(=O)O[C@@H](C(=O)O[C@H]1C[C@@]2(O)[C@@H](OC(=O)c3ccccc3)[C@@H]3[C@]4(OC(C)=O)CO[C@@H]4C[C@H](O)[C@@]3(C)C(=O)[C@H](O)C(=C1C)C2(C)C)[C@@H](NC(=O)OC(C)(C)C)c1ccccc1. The molecular formula is C48H62N2O15. The number of aliphatic hydroxyl groups is 3. The fraction of sp³-hybridized carbons (Fsp3) is 0.583. The van der Waals surface area contributed by atoms with Gasteiger partial charge in [-0.15, -0.1) is 0 Å². The average Bonchev–Trinajstić information content (AvgIpc) is 3.23. The van der Waals surface area contributed by atoms with Crippen LogP contribution in [-0.4, -0.2) is 130 Å². The molecular weight excluding hydrogens is 845 g/mol. The second-order valence-electron chi connectivity index (χ2n) is 19.4. The second kappa shape index (κ2) is 18.1. The minimum Gasteiger partial charge on any atom is -0.455 e. The van der Waals surface area contributed by atoms with Crippen LogP contribution in [-0.2, 0) is 42.8 Å². The van der Waals surface area contributed by atoms with Crippen molar-refractivity contribution in [1.82, 2.24) is 10.2 Å². The Labute approximate surface area is 378 Å². The lowest BCUT2D eigenvalue weighted by atomic mass is 9.44. The number of ether oxygens (including phenoxy) is 6. The standard InChI is InChI=1S/C48H62N2O15/c1-11-22-50(10)43(58)62-36(34(28-18-14-12-15-19-28)49-42(57)65-44(4,5)6)41(56)61-30-24-48(59)39(63-40(55)29-20-16-13-17-21-29)37-46(9,38(54)35(53)33(26(30)2)45(48,7)8)31(52)23-32-47(37,25-60-32)64-27(3)51/h12-21,30-32,34-37,39,52-53,59H,11,22-25H2,1-10H3,(H,49,57)/t30-,31-,32+,34-,35+,36+,37-,39-,46+,47-,48+/m0/s1. The topological polar surface area (TPSA) is 234 Å². The normalized spacial score (nSPS) is 31.2. The number of fused-ring (bicyclic) bond motifs is 5. The van der Waals surface area contributed by atoms with Crippen molar-refractivity contribution in [1.29, 1.82) is 0 Å². The summed E-state index contributed by atoms with van der Waals surface area (Å²) in [7, 11) is 1.47. The average molecular weight is 907 g/mol. The molecule has 0 unspecified atom stereocenters. The number of alkyl carbamates (subject to hydrolysis) is 1. The molecule has 2 bridgehead atoms. The molecule has 354 valence electrons. The van der Waals surface area contributed by atoms with Crippen LogP contribution in [0.2, 0.25) is 0 Å². The summed E-state index contributed by atoms with van der Waals surface area (Å²) in [5.74, 6) is -5.40. The lowest BCUT2D eigenvalue weighted by molar-refractivity contribution is -0.346. The number of amides is 2. The number of hydrogen-bond acceptors (Lipinski definition) is 15. The molecule has 65 heavy (non-hydrogen) atoms. The number of ketones is 1. The highest BCUT2D eigenvalue weighted by Crippen LogP contribution is 2.64. The quantitative estimate of drug-likeness (QED) is 0.135. The summed E-state index contributed by atoms with van der Waals surface area (Å²) in [5, 5.41) is 40.7. The first kappa shape index (κ1) is 49.1. The van der Waals surface area contributed by atoms with Gasteiger partial charge < -0.3 is 54.0 Å². The summed E-state index contributed by atoms with van der Waals surface area (Å²) in [5.41, 5.74) is -8.42. The van der Waals surface area contributed by atoms with Crippen molar-refractivity contribution in [2.75, 3.05) is 20.2 Å². The first-order valence-electron chi connectivity index (χ1n) is 21.9. The van der Waals surface area contributed by atoms with Gasteiger partial charge in [0, 0.05) is 38.8 Å². The number of aliphatic hydroxyl groups excluding tert-OH is 2. The molecule has 2 aromatic rings. The Kier molecular flexibility index (Phi) is 13.7. The van der Waals surface area contributed by atoms with Crippen LogP contribution in [0.3, 0.4) is 0 Å². The molecule has 1 aliphatic heterocycles. The second-order valence-corrected chi connectivity index (χ2v) is 19.4. The first-order chi connectivity index (χ1) is 30.3. The van der Waals surface area contributed by atoms with Gasteiger partial charge in [-0.25, -0.2) is 19.2 Å². The Morgan fingerprint density at radius 3 is 2.14 bits per heavy atom. The Morgan fingerprint density at radius 1 is 0.969 bits per heavy atom. The summed E-state index contributed by atoms with van der Waals surface area (Å²) in [4.78, 5) is 85.7. The van der Waals surface area contributed by atoms with E-state index in [-0.39, 0.29) is 36.3 Å². The van der Waals surface area contributed by atoms with Gasteiger partial charge in [-0.3, -0.25) is 9.59 Å². The summed E-state index contributed by atoms with van der Waals surface area (Å²) in [6.45, 7) is 13.9. The zero-order valence-electron chi connectivity index (χ0n) is 38.6. The largest absolute Gasteiger partial charge is 0.455 e. The summed E-state index contributed by atoms with van der Waals surface area (Å²) in [6.07, 6.45) is -12.0. The summed E-state index contributed by atoms with van der Waals surface area (Å²) in [6, 6.07) is 14.6. The molecule has 11 atom stereocenters. The van der Waals surface area contributed by atoms with Gasteiger partial charge in [-0.2, -0.15) is 0 Å². The van der Waals surface area contributed by atoms with E-state index in [9.17, 15) is 39.3 Å². The maximum absolute atomic E-state index is 15.2. The molecule has 1 heterocycles. The minimum absolute atomic E-state index is 0.0659. The molecule has 1 saturated heterocycles. The predicted molar refractivity (Wildman–Crippen MR) is 231 cm³/mol. The fourth-order valence-corrected chi connectivity index (χ4v) is 10.3. The van der Waals surface area contributed by atoms with Gasteiger partial charge in [-0.05, 0) is 69.9 Å². The van der Waals surface area contributed by atoms with Crippen molar-refractivity contribution in [3.8, 4) is 0 Å². The highest BCUT2D eigenvalue weighted by molar-refractivity contribution is 5.94. The zero-order chi connectivity index (χ0) is 48.0. The number of hydrogen-bond donors (Lipinski definition) is 4. The number of Topliss-reactive ketones (excluding diaryl/α,β-unsaturated/α-hetero) is 1. The molecule has 3 aliphatic carbocycles. The Balaban J connectivity index is 1.53. The minimum atomic E-state index is -2.41. The molecule has 0 radical (unpaired) electrons. The Bertz CT molecular complexity index is 2190. The lowest BCUT2D eigenvalue weighted by Crippen LogP contribution is -2.81. The molecule has 4 aliphatic rings. The van der Waals surface area contributed by atoms with Gasteiger partial charge in [-0.1, -0.05) is 69.3 Å². The monoisotopic (exact) mass is 906 g/mol. The van der Waals surface area contributed by atoms with Gasteiger partial charge >= 0.3 is 30.1 Å². The van der Waals surface area contributed by atoms with Crippen LogP contribution in [0, 0.1) is 16.7 Å². The van der Waals surface area contributed by atoms with E-state index in [1.165, 1.54) is 37.9 Å². The molecule has 3 fully saturated rings. The van der Waals surface area contributed by atoms with E-state index >= 15 is 4.79 Å². The number of benzene rings is 2. The molecule has 4 N–H and O–H groups in total. The third-order valence-corrected chi connectivity index (χ3v) is 13.6. The number of nitrogens with one attached hydrogen (secondary N) is 1. The van der Waals surface area contributed by atoms with Crippen LogP contribution in [0.15, 0.2) is 71.8 Å². The molecule has 2 saturated carbocycles. The maximum atomic E-state index is 15.2. The van der Waals surface area contributed by atoms with E-state index < -0.39 is 119 Å². The van der Waals surface area contributed by atoms with Crippen molar-refractivity contribution in [2.45, 2.75) is 141 Å². The molecule has 17 heteroatoms.